The van der Waals surface area contributed by atoms with Gasteiger partial charge >= 0.3 is 0 Å². The lowest BCUT2D eigenvalue weighted by Gasteiger charge is -2.41. The quantitative estimate of drug-likeness (QED) is 0.733. The molecule has 3 rings (SSSR count). The van der Waals surface area contributed by atoms with Crippen molar-refractivity contribution in [3.63, 3.8) is 0 Å². The largest absolute Gasteiger partial charge is 0.390 e. The van der Waals surface area contributed by atoms with Gasteiger partial charge in [0.05, 0.1) is 23.4 Å². The van der Waals surface area contributed by atoms with E-state index in [2.05, 4.69) is 15.7 Å². The fraction of sp³-hybridized carbons (Fsp3) is 0.667. The molecular weight excluding hydrogens is 284 g/mol. The number of aryl methyl sites for hydroxylation is 1. The highest BCUT2D eigenvalue weighted by Crippen LogP contribution is 2.37. The monoisotopic (exact) mass is 306 g/mol. The summed E-state index contributed by atoms with van der Waals surface area (Å²) in [7, 11) is 1.82. The number of nitrogens with zero attached hydrogens (tertiary/aromatic N) is 2. The van der Waals surface area contributed by atoms with E-state index in [9.17, 15) is 14.7 Å². The van der Waals surface area contributed by atoms with Gasteiger partial charge in [-0.15, -0.1) is 0 Å². The lowest BCUT2D eigenvalue weighted by atomic mass is 9.71. The second-order valence-corrected chi connectivity index (χ2v) is 6.68. The summed E-state index contributed by atoms with van der Waals surface area (Å²) in [5, 5.41) is 19.9. The second-order valence-electron chi connectivity index (χ2n) is 6.68. The molecule has 0 radical (unpaired) electrons. The van der Waals surface area contributed by atoms with Crippen molar-refractivity contribution in [3.05, 3.63) is 18.0 Å². The molecule has 1 aromatic heterocycles. The first-order valence-electron chi connectivity index (χ1n) is 7.66. The van der Waals surface area contributed by atoms with E-state index < -0.39 is 5.60 Å². The Morgan fingerprint density at radius 3 is 2.86 bits per heavy atom. The van der Waals surface area contributed by atoms with E-state index >= 15 is 0 Å². The van der Waals surface area contributed by atoms with Crippen LogP contribution in [0.1, 0.15) is 44.3 Å². The van der Waals surface area contributed by atoms with E-state index in [-0.39, 0.29) is 29.8 Å². The fourth-order valence-electron chi connectivity index (χ4n) is 3.41. The fourth-order valence-corrected chi connectivity index (χ4v) is 3.41. The molecule has 0 spiro atoms. The van der Waals surface area contributed by atoms with E-state index in [0.717, 1.165) is 5.69 Å². The van der Waals surface area contributed by atoms with Gasteiger partial charge in [-0.1, -0.05) is 0 Å². The third-order valence-corrected chi connectivity index (χ3v) is 4.65. The molecule has 2 atom stereocenters. The zero-order chi connectivity index (χ0) is 15.9. The zero-order valence-corrected chi connectivity index (χ0v) is 12.9. The van der Waals surface area contributed by atoms with Crippen LogP contribution in [0.25, 0.3) is 0 Å². The van der Waals surface area contributed by atoms with Crippen molar-refractivity contribution in [3.8, 4) is 0 Å². The smallest absolute Gasteiger partial charge is 0.223 e. The highest BCUT2D eigenvalue weighted by atomic mass is 16.3. The Morgan fingerprint density at radius 2 is 2.27 bits per heavy atom. The van der Waals surface area contributed by atoms with Gasteiger partial charge in [-0.2, -0.15) is 5.10 Å². The molecule has 1 aliphatic heterocycles. The highest BCUT2D eigenvalue weighted by Gasteiger charge is 2.43. The first-order valence-corrected chi connectivity index (χ1v) is 7.66. The molecule has 0 aromatic carbocycles. The summed E-state index contributed by atoms with van der Waals surface area (Å²) < 4.78 is 1.71. The first-order chi connectivity index (χ1) is 10.4. The minimum absolute atomic E-state index is 0.0109. The van der Waals surface area contributed by atoms with E-state index in [4.69, 9.17) is 0 Å². The average Bonchev–Trinajstić information content (AvgIpc) is 2.84. The van der Waals surface area contributed by atoms with Gasteiger partial charge in [0.2, 0.25) is 11.8 Å². The van der Waals surface area contributed by atoms with Crippen LogP contribution >= 0.6 is 0 Å². The van der Waals surface area contributed by atoms with Crippen molar-refractivity contribution in [1.29, 1.82) is 0 Å². The van der Waals surface area contributed by atoms with E-state index in [1.54, 1.807) is 17.8 Å². The van der Waals surface area contributed by atoms with Gasteiger partial charge in [0.25, 0.3) is 0 Å². The predicted molar refractivity (Wildman–Crippen MR) is 78.6 cm³/mol. The highest BCUT2D eigenvalue weighted by molar-refractivity contribution is 5.81. The number of rotatable bonds is 3. The third kappa shape index (κ3) is 2.85. The van der Waals surface area contributed by atoms with Crippen LogP contribution in [0.2, 0.25) is 0 Å². The number of hydrogen-bond donors (Lipinski definition) is 3. The number of carbonyl (C=O) groups excluding carboxylic acids is 2. The maximum Gasteiger partial charge on any atom is 0.223 e. The molecule has 120 valence electrons. The van der Waals surface area contributed by atoms with Crippen LogP contribution in [0.4, 0.5) is 0 Å². The molecule has 2 fully saturated rings. The topological polar surface area (TPSA) is 96.3 Å². The maximum absolute atomic E-state index is 12.3. The number of aliphatic hydroxyl groups is 1. The summed E-state index contributed by atoms with van der Waals surface area (Å²) in [5.74, 6) is -0.192. The molecule has 22 heavy (non-hydrogen) atoms. The SMILES string of the molecule is Cn1nccc1[C@@H]1NC(=O)CC[C@H]1NC(=O)C1CC(C)(O)C1. The number of piperidine rings is 1. The van der Waals surface area contributed by atoms with Crippen LogP contribution < -0.4 is 10.6 Å². The number of aromatic nitrogens is 2. The van der Waals surface area contributed by atoms with Crippen LogP contribution in [0.15, 0.2) is 12.3 Å². The number of amides is 2. The van der Waals surface area contributed by atoms with Crippen molar-refractivity contribution in [2.75, 3.05) is 0 Å². The zero-order valence-electron chi connectivity index (χ0n) is 12.9. The normalized spacial score (nSPS) is 34.7. The molecule has 7 heteroatoms. The molecular formula is C15H22N4O3. The molecule has 1 aliphatic carbocycles. The average molecular weight is 306 g/mol. The standard InChI is InChI=1S/C15H22N4O3/c1-15(22)7-9(8-15)14(21)17-10-3-4-12(20)18-13(10)11-5-6-16-19(11)2/h5-6,9-10,13,22H,3-4,7-8H2,1-2H3,(H,17,21)(H,18,20)/t9?,10-,13-,15?/m1/s1. The Morgan fingerprint density at radius 1 is 1.55 bits per heavy atom. The van der Waals surface area contributed by atoms with Crippen molar-refractivity contribution < 1.29 is 14.7 Å². The Kier molecular flexibility index (Phi) is 3.68. The molecule has 1 saturated heterocycles. The molecule has 0 unspecified atom stereocenters. The molecule has 7 nitrogen and oxygen atoms in total. The lowest BCUT2D eigenvalue weighted by Crippen LogP contribution is -2.55. The Balaban J connectivity index is 1.69. The molecule has 2 aliphatic rings. The number of nitrogens with one attached hydrogen (secondary N) is 2. The van der Waals surface area contributed by atoms with Gasteiger partial charge < -0.3 is 15.7 Å². The van der Waals surface area contributed by atoms with E-state index in [1.807, 2.05) is 13.1 Å². The summed E-state index contributed by atoms with van der Waals surface area (Å²) in [6, 6.07) is 1.44. The molecule has 1 aromatic rings. The summed E-state index contributed by atoms with van der Waals surface area (Å²) in [6.07, 6.45) is 3.68. The van der Waals surface area contributed by atoms with Gasteiger partial charge in [-0.25, -0.2) is 0 Å². The molecule has 2 heterocycles. The maximum atomic E-state index is 12.3. The Hall–Kier alpha value is -1.89. The number of carbonyl (C=O) groups is 2. The molecule has 3 N–H and O–H groups in total. The second kappa shape index (κ2) is 5.39. The van der Waals surface area contributed by atoms with Crippen molar-refractivity contribution >= 4 is 11.8 Å². The van der Waals surface area contributed by atoms with Crippen LogP contribution in [-0.4, -0.2) is 38.3 Å². The minimum atomic E-state index is -0.718. The summed E-state index contributed by atoms with van der Waals surface area (Å²) in [4.78, 5) is 24.0. The predicted octanol–water partition coefficient (Wildman–Crippen LogP) is 0.0170. The van der Waals surface area contributed by atoms with Gasteiger partial charge in [-0.3, -0.25) is 14.3 Å². The van der Waals surface area contributed by atoms with E-state index in [1.165, 1.54) is 0 Å². The molecule has 1 saturated carbocycles. The molecule has 0 bridgehead atoms. The Labute approximate surface area is 129 Å². The third-order valence-electron chi connectivity index (χ3n) is 4.65. The van der Waals surface area contributed by atoms with Gasteiger partial charge in [0, 0.05) is 25.6 Å². The Bertz CT molecular complexity index is 587. The molecule has 2 amide bonds. The summed E-state index contributed by atoms with van der Waals surface area (Å²) >= 11 is 0. The summed E-state index contributed by atoms with van der Waals surface area (Å²) in [5.41, 5.74) is 0.156. The number of hydrogen-bond acceptors (Lipinski definition) is 4. The summed E-state index contributed by atoms with van der Waals surface area (Å²) in [6.45, 7) is 1.75. The van der Waals surface area contributed by atoms with Crippen molar-refractivity contribution in [2.45, 2.75) is 50.3 Å². The van der Waals surface area contributed by atoms with E-state index in [0.29, 0.717) is 25.7 Å². The van der Waals surface area contributed by atoms with Crippen molar-refractivity contribution in [1.82, 2.24) is 20.4 Å². The van der Waals surface area contributed by atoms with Crippen molar-refractivity contribution in [2.24, 2.45) is 13.0 Å². The van der Waals surface area contributed by atoms with Crippen LogP contribution in [-0.2, 0) is 16.6 Å². The van der Waals surface area contributed by atoms with Crippen LogP contribution in [0, 0.1) is 5.92 Å². The van der Waals surface area contributed by atoms with Gasteiger partial charge in [0.15, 0.2) is 0 Å². The van der Waals surface area contributed by atoms with Gasteiger partial charge in [0.1, 0.15) is 0 Å². The van der Waals surface area contributed by atoms with Crippen LogP contribution in [0.3, 0.4) is 0 Å². The lowest BCUT2D eigenvalue weighted by molar-refractivity contribution is -0.140. The minimum Gasteiger partial charge on any atom is -0.390 e. The van der Waals surface area contributed by atoms with Crippen LogP contribution in [0.5, 0.6) is 0 Å². The first kappa shape index (κ1) is 15.0. The van der Waals surface area contributed by atoms with Gasteiger partial charge in [-0.05, 0) is 32.3 Å².